The maximum atomic E-state index is 12.9. The summed E-state index contributed by atoms with van der Waals surface area (Å²) in [5.74, 6) is -1.25. The second-order valence-electron chi connectivity index (χ2n) is 2.09. The second kappa shape index (κ2) is 3.67. The molecule has 1 aromatic carbocycles. The highest BCUT2D eigenvalue weighted by Crippen LogP contribution is 2.24. The van der Waals surface area contributed by atoms with Crippen LogP contribution in [0.1, 0.15) is 10.4 Å². The van der Waals surface area contributed by atoms with Gasteiger partial charge in [0.05, 0.1) is 10.5 Å². The molecule has 0 aliphatic rings. The van der Waals surface area contributed by atoms with Crippen LogP contribution in [-0.2, 0) is 0 Å². The SMILES string of the molecule is CSc1c(F)ccc(F)c1C=O. The van der Waals surface area contributed by atoms with Crippen LogP contribution in [-0.4, -0.2) is 12.5 Å². The number of rotatable bonds is 2. The van der Waals surface area contributed by atoms with Gasteiger partial charge in [0.2, 0.25) is 0 Å². The molecule has 0 fully saturated rings. The van der Waals surface area contributed by atoms with E-state index in [0.717, 1.165) is 23.9 Å². The lowest BCUT2D eigenvalue weighted by Crippen LogP contribution is -1.94. The monoisotopic (exact) mass is 188 g/mol. The predicted molar refractivity (Wildman–Crippen MR) is 43.5 cm³/mol. The molecular formula is C8H6F2OS. The Morgan fingerprint density at radius 3 is 2.33 bits per heavy atom. The van der Waals surface area contributed by atoms with Crippen LogP contribution in [0.4, 0.5) is 8.78 Å². The number of thioether (sulfide) groups is 1. The summed E-state index contributed by atoms with van der Waals surface area (Å²) in [5.41, 5.74) is -0.206. The van der Waals surface area contributed by atoms with Crippen molar-refractivity contribution in [3.05, 3.63) is 29.3 Å². The van der Waals surface area contributed by atoms with Crippen molar-refractivity contribution in [1.29, 1.82) is 0 Å². The maximum Gasteiger partial charge on any atom is 0.154 e. The first kappa shape index (κ1) is 9.19. The third-order valence-electron chi connectivity index (χ3n) is 1.42. The molecular weight excluding hydrogens is 182 g/mol. The minimum Gasteiger partial charge on any atom is -0.298 e. The van der Waals surface area contributed by atoms with Gasteiger partial charge in [-0.3, -0.25) is 4.79 Å². The molecule has 0 amide bonds. The molecule has 0 heterocycles. The quantitative estimate of drug-likeness (QED) is 0.524. The number of benzene rings is 1. The van der Waals surface area contributed by atoms with Crippen molar-refractivity contribution in [3.63, 3.8) is 0 Å². The summed E-state index contributed by atoms with van der Waals surface area (Å²) in [6.07, 6.45) is 1.91. The molecule has 64 valence electrons. The zero-order chi connectivity index (χ0) is 9.14. The Morgan fingerprint density at radius 1 is 1.33 bits per heavy atom. The highest BCUT2D eigenvalue weighted by molar-refractivity contribution is 7.98. The van der Waals surface area contributed by atoms with Gasteiger partial charge in [-0.15, -0.1) is 11.8 Å². The van der Waals surface area contributed by atoms with Gasteiger partial charge in [-0.05, 0) is 18.4 Å². The Bertz CT molecular complexity index is 312. The second-order valence-corrected chi connectivity index (χ2v) is 2.91. The molecule has 1 aromatic rings. The number of halogens is 2. The van der Waals surface area contributed by atoms with Crippen molar-refractivity contribution in [2.45, 2.75) is 4.90 Å². The van der Waals surface area contributed by atoms with E-state index in [1.807, 2.05) is 0 Å². The first-order valence-electron chi connectivity index (χ1n) is 3.18. The molecule has 0 atom stereocenters. The molecule has 1 rings (SSSR count). The van der Waals surface area contributed by atoms with E-state index in [2.05, 4.69) is 0 Å². The standard InChI is InChI=1S/C8H6F2OS/c1-12-8-5(4-11)6(9)2-3-7(8)10/h2-4H,1H3. The van der Waals surface area contributed by atoms with Crippen LogP contribution >= 0.6 is 11.8 Å². The van der Waals surface area contributed by atoms with Gasteiger partial charge >= 0.3 is 0 Å². The third kappa shape index (κ3) is 1.48. The van der Waals surface area contributed by atoms with Crippen molar-refractivity contribution < 1.29 is 13.6 Å². The van der Waals surface area contributed by atoms with Crippen molar-refractivity contribution in [2.24, 2.45) is 0 Å². The molecule has 0 aromatic heterocycles. The van der Waals surface area contributed by atoms with Crippen LogP contribution < -0.4 is 0 Å². The fraction of sp³-hybridized carbons (Fsp3) is 0.125. The number of carbonyl (C=O) groups is 1. The fourth-order valence-corrected chi connectivity index (χ4v) is 1.49. The van der Waals surface area contributed by atoms with E-state index in [-0.39, 0.29) is 10.5 Å². The highest BCUT2D eigenvalue weighted by Gasteiger charge is 2.11. The average Bonchev–Trinajstić information content (AvgIpc) is 2.08. The van der Waals surface area contributed by atoms with Gasteiger partial charge in [-0.1, -0.05) is 0 Å². The van der Waals surface area contributed by atoms with Gasteiger partial charge < -0.3 is 0 Å². The van der Waals surface area contributed by atoms with Crippen LogP contribution in [0.25, 0.3) is 0 Å². The summed E-state index contributed by atoms with van der Waals surface area (Å²) >= 11 is 1.01. The molecule has 12 heavy (non-hydrogen) atoms. The van der Waals surface area contributed by atoms with E-state index in [1.54, 1.807) is 6.26 Å². The van der Waals surface area contributed by atoms with Crippen LogP contribution in [0.3, 0.4) is 0 Å². The lowest BCUT2D eigenvalue weighted by Gasteiger charge is -2.02. The zero-order valence-electron chi connectivity index (χ0n) is 6.30. The smallest absolute Gasteiger partial charge is 0.154 e. The normalized spacial score (nSPS) is 9.92. The molecule has 0 unspecified atom stereocenters. The van der Waals surface area contributed by atoms with Crippen LogP contribution in [0, 0.1) is 11.6 Å². The first-order valence-corrected chi connectivity index (χ1v) is 4.40. The summed E-state index contributed by atoms with van der Waals surface area (Å²) < 4.78 is 25.7. The van der Waals surface area contributed by atoms with Gasteiger partial charge in [-0.2, -0.15) is 0 Å². The van der Waals surface area contributed by atoms with E-state index >= 15 is 0 Å². The minimum atomic E-state index is -0.684. The largest absolute Gasteiger partial charge is 0.298 e. The lowest BCUT2D eigenvalue weighted by atomic mass is 10.2. The predicted octanol–water partition coefficient (Wildman–Crippen LogP) is 2.50. The van der Waals surface area contributed by atoms with Crippen molar-refractivity contribution in [1.82, 2.24) is 0 Å². The lowest BCUT2D eigenvalue weighted by molar-refractivity contribution is 0.111. The molecule has 0 aliphatic heterocycles. The summed E-state index contributed by atoms with van der Waals surface area (Å²) in [5, 5.41) is 0. The number of aldehydes is 1. The molecule has 0 spiro atoms. The van der Waals surface area contributed by atoms with Gasteiger partial charge in [-0.25, -0.2) is 8.78 Å². The van der Waals surface area contributed by atoms with Crippen LogP contribution in [0.5, 0.6) is 0 Å². The Kier molecular flexibility index (Phi) is 2.81. The van der Waals surface area contributed by atoms with Gasteiger partial charge in [0.15, 0.2) is 6.29 Å². The minimum absolute atomic E-state index is 0.0602. The van der Waals surface area contributed by atoms with E-state index < -0.39 is 11.6 Å². The molecule has 0 saturated heterocycles. The van der Waals surface area contributed by atoms with Gasteiger partial charge in [0, 0.05) is 0 Å². The zero-order valence-corrected chi connectivity index (χ0v) is 7.12. The first-order chi connectivity index (χ1) is 5.70. The summed E-state index contributed by atoms with van der Waals surface area (Å²) in [6, 6.07) is 1.95. The molecule has 0 bridgehead atoms. The average molecular weight is 188 g/mol. The van der Waals surface area contributed by atoms with Crippen LogP contribution in [0.15, 0.2) is 17.0 Å². The molecule has 0 saturated carbocycles. The Labute approximate surface area is 72.8 Å². The highest BCUT2D eigenvalue weighted by atomic mass is 32.2. The van der Waals surface area contributed by atoms with E-state index in [0.29, 0.717) is 6.29 Å². The van der Waals surface area contributed by atoms with Crippen molar-refractivity contribution >= 4 is 18.0 Å². The van der Waals surface area contributed by atoms with Gasteiger partial charge in [0.1, 0.15) is 11.6 Å². The molecule has 0 radical (unpaired) electrons. The molecule has 1 nitrogen and oxygen atoms in total. The van der Waals surface area contributed by atoms with E-state index in [9.17, 15) is 13.6 Å². The molecule has 0 N–H and O–H groups in total. The Hall–Kier alpha value is -0.900. The third-order valence-corrected chi connectivity index (χ3v) is 2.24. The Balaban J connectivity index is 3.38. The number of carbonyl (C=O) groups excluding carboxylic acids is 1. The summed E-state index contributed by atoms with van der Waals surface area (Å²) in [6.45, 7) is 0. The van der Waals surface area contributed by atoms with E-state index in [4.69, 9.17) is 0 Å². The van der Waals surface area contributed by atoms with Crippen LogP contribution in [0.2, 0.25) is 0 Å². The molecule has 0 aliphatic carbocycles. The number of hydrogen-bond donors (Lipinski definition) is 0. The summed E-state index contributed by atoms with van der Waals surface area (Å²) in [7, 11) is 0. The van der Waals surface area contributed by atoms with Crippen molar-refractivity contribution in [2.75, 3.05) is 6.26 Å². The summed E-state index contributed by atoms with van der Waals surface area (Å²) in [4.78, 5) is 10.4. The fourth-order valence-electron chi connectivity index (χ4n) is 0.866. The van der Waals surface area contributed by atoms with Crippen molar-refractivity contribution in [3.8, 4) is 0 Å². The maximum absolute atomic E-state index is 12.9. The topological polar surface area (TPSA) is 17.1 Å². The molecule has 4 heteroatoms. The van der Waals surface area contributed by atoms with Gasteiger partial charge in [0.25, 0.3) is 0 Å². The Morgan fingerprint density at radius 2 is 1.92 bits per heavy atom. The van der Waals surface area contributed by atoms with E-state index in [1.165, 1.54) is 0 Å². The number of hydrogen-bond acceptors (Lipinski definition) is 2.